The smallest absolute Gasteiger partial charge is 0.250 e. The zero-order valence-electron chi connectivity index (χ0n) is 16.6. The van der Waals surface area contributed by atoms with E-state index >= 15 is 0 Å². The monoisotopic (exact) mass is 390 g/mol. The van der Waals surface area contributed by atoms with Gasteiger partial charge in [-0.3, -0.25) is 4.79 Å². The van der Waals surface area contributed by atoms with Gasteiger partial charge in [0.25, 0.3) is 0 Å². The standard InChI is InChI=1S/C23H26N4O2/c1-27-12-10-18(11-13-27)25-14-16-6-8-21(20-5-3-2-4-19(16)20)29-22-9-7-17(15-26-22)23(24)28/h2-9,15,18,25H,10-14H2,1H3,(H2,24,28). The third kappa shape index (κ3) is 4.55. The quantitative estimate of drug-likeness (QED) is 0.675. The Balaban J connectivity index is 1.52. The van der Waals surface area contributed by atoms with Crippen LogP contribution < -0.4 is 15.8 Å². The van der Waals surface area contributed by atoms with Gasteiger partial charge in [0.1, 0.15) is 5.75 Å². The Morgan fingerprint density at radius 3 is 2.59 bits per heavy atom. The van der Waals surface area contributed by atoms with Gasteiger partial charge in [0.2, 0.25) is 11.8 Å². The van der Waals surface area contributed by atoms with Crippen LogP contribution in [0.15, 0.2) is 54.7 Å². The van der Waals surface area contributed by atoms with Crippen LogP contribution in [0.4, 0.5) is 0 Å². The van der Waals surface area contributed by atoms with E-state index in [1.54, 1.807) is 12.1 Å². The van der Waals surface area contributed by atoms with Crippen LogP contribution in [-0.2, 0) is 6.54 Å². The summed E-state index contributed by atoms with van der Waals surface area (Å²) in [6.45, 7) is 3.13. The lowest BCUT2D eigenvalue weighted by Gasteiger charge is -2.29. The molecular formula is C23H26N4O2. The summed E-state index contributed by atoms with van der Waals surface area (Å²) in [5.74, 6) is 0.663. The molecule has 0 bridgehead atoms. The fraction of sp³-hybridized carbons (Fsp3) is 0.304. The number of nitrogens with zero attached hydrogens (tertiary/aromatic N) is 2. The molecule has 1 amide bonds. The second-order valence-electron chi connectivity index (χ2n) is 7.58. The normalized spacial score (nSPS) is 15.5. The van der Waals surface area contributed by atoms with Crippen molar-refractivity contribution < 1.29 is 9.53 Å². The number of likely N-dealkylation sites (tertiary alicyclic amines) is 1. The Bertz CT molecular complexity index is 995. The minimum Gasteiger partial charge on any atom is -0.438 e. The van der Waals surface area contributed by atoms with E-state index in [-0.39, 0.29) is 0 Å². The van der Waals surface area contributed by atoms with Gasteiger partial charge < -0.3 is 20.7 Å². The molecule has 1 saturated heterocycles. The summed E-state index contributed by atoms with van der Waals surface area (Å²) in [5, 5.41) is 5.92. The maximum atomic E-state index is 11.2. The highest BCUT2D eigenvalue weighted by Gasteiger charge is 2.16. The Morgan fingerprint density at radius 2 is 1.90 bits per heavy atom. The molecule has 0 unspecified atom stereocenters. The predicted molar refractivity (Wildman–Crippen MR) is 114 cm³/mol. The Kier molecular flexibility index (Phi) is 5.74. The van der Waals surface area contributed by atoms with Crippen LogP contribution in [0.2, 0.25) is 0 Å². The van der Waals surface area contributed by atoms with Crippen LogP contribution in [0.3, 0.4) is 0 Å². The topological polar surface area (TPSA) is 80.5 Å². The Labute approximate surface area is 170 Å². The fourth-order valence-electron chi connectivity index (χ4n) is 3.74. The molecule has 3 aromatic rings. The average molecular weight is 390 g/mol. The number of piperidine rings is 1. The SMILES string of the molecule is CN1CCC(NCc2ccc(Oc3ccc(C(N)=O)cn3)c3ccccc23)CC1. The van der Waals surface area contributed by atoms with Crippen molar-refractivity contribution in [2.24, 2.45) is 5.73 Å². The lowest BCUT2D eigenvalue weighted by molar-refractivity contribution is 0.1000. The summed E-state index contributed by atoms with van der Waals surface area (Å²) in [4.78, 5) is 17.8. The molecule has 0 aliphatic carbocycles. The zero-order chi connectivity index (χ0) is 20.2. The maximum absolute atomic E-state index is 11.2. The molecule has 0 saturated carbocycles. The average Bonchev–Trinajstić information content (AvgIpc) is 2.75. The molecule has 1 aliphatic heterocycles. The zero-order valence-corrected chi connectivity index (χ0v) is 16.6. The number of hydrogen-bond donors (Lipinski definition) is 2. The van der Waals surface area contributed by atoms with Gasteiger partial charge in [0.15, 0.2) is 0 Å². The number of benzene rings is 2. The number of nitrogens with one attached hydrogen (secondary N) is 1. The molecule has 150 valence electrons. The molecule has 0 atom stereocenters. The van der Waals surface area contributed by atoms with Crippen LogP contribution >= 0.6 is 0 Å². The van der Waals surface area contributed by atoms with E-state index in [1.165, 1.54) is 30.0 Å². The van der Waals surface area contributed by atoms with Crippen LogP contribution in [0.5, 0.6) is 11.6 Å². The molecule has 4 rings (SSSR count). The molecule has 0 radical (unpaired) electrons. The number of fused-ring (bicyclic) bond motifs is 1. The third-order valence-electron chi connectivity index (χ3n) is 5.51. The first-order valence-corrected chi connectivity index (χ1v) is 9.96. The second-order valence-corrected chi connectivity index (χ2v) is 7.58. The van der Waals surface area contributed by atoms with Crippen molar-refractivity contribution in [2.45, 2.75) is 25.4 Å². The van der Waals surface area contributed by atoms with Gasteiger partial charge in [0.05, 0.1) is 5.56 Å². The molecule has 3 N–H and O–H groups in total. The summed E-state index contributed by atoms with van der Waals surface area (Å²) in [7, 11) is 2.18. The first-order valence-electron chi connectivity index (χ1n) is 9.96. The van der Waals surface area contributed by atoms with Crippen LogP contribution in [-0.4, -0.2) is 42.0 Å². The number of pyridine rings is 1. The Morgan fingerprint density at radius 1 is 1.14 bits per heavy atom. The number of ether oxygens (including phenoxy) is 1. The highest BCUT2D eigenvalue weighted by molar-refractivity contribution is 5.92. The minimum absolute atomic E-state index is 0.359. The molecule has 6 heteroatoms. The van der Waals surface area contributed by atoms with E-state index in [4.69, 9.17) is 10.5 Å². The van der Waals surface area contributed by atoms with Crippen molar-refractivity contribution in [3.8, 4) is 11.6 Å². The maximum Gasteiger partial charge on any atom is 0.250 e. The van der Waals surface area contributed by atoms with E-state index in [0.29, 0.717) is 17.5 Å². The largest absolute Gasteiger partial charge is 0.438 e. The van der Waals surface area contributed by atoms with Crippen molar-refractivity contribution >= 4 is 16.7 Å². The number of amides is 1. The number of primary amides is 1. The third-order valence-corrected chi connectivity index (χ3v) is 5.51. The minimum atomic E-state index is -0.504. The van der Waals surface area contributed by atoms with E-state index in [1.807, 2.05) is 18.2 Å². The van der Waals surface area contributed by atoms with Gasteiger partial charge in [-0.2, -0.15) is 0 Å². The molecule has 29 heavy (non-hydrogen) atoms. The predicted octanol–water partition coefficient (Wildman–Crippen LogP) is 3.31. The number of carbonyl (C=O) groups is 1. The molecule has 1 fully saturated rings. The summed E-state index contributed by atoms with van der Waals surface area (Å²) < 4.78 is 6.00. The van der Waals surface area contributed by atoms with Crippen molar-refractivity contribution in [2.75, 3.05) is 20.1 Å². The Hall–Kier alpha value is -2.96. The fourth-order valence-corrected chi connectivity index (χ4v) is 3.74. The van der Waals surface area contributed by atoms with Gasteiger partial charge in [-0.15, -0.1) is 0 Å². The summed E-state index contributed by atoms with van der Waals surface area (Å²) in [6, 6.07) is 16.2. The second kappa shape index (κ2) is 8.59. The first kappa shape index (κ1) is 19.4. The lowest BCUT2D eigenvalue weighted by Crippen LogP contribution is -2.40. The highest BCUT2D eigenvalue weighted by Crippen LogP contribution is 2.31. The van der Waals surface area contributed by atoms with Crippen LogP contribution in [0, 0.1) is 0 Å². The lowest BCUT2D eigenvalue weighted by atomic mass is 10.0. The number of nitrogens with two attached hydrogens (primary N) is 1. The van der Waals surface area contributed by atoms with E-state index in [0.717, 1.165) is 30.8 Å². The summed E-state index contributed by atoms with van der Waals surface area (Å²) in [5.41, 5.74) is 6.88. The van der Waals surface area contributed by atoms with E-state index in [2.05, 4.69) is 40.4 Å². The van der Waals surface area contributed by atoms with Gasteiger partial charge in [-0.05, 0) is 56.1 Å². The van der Waals surface area contributed by atoms with Crippen molar-refractivity contribution in [3.63, 3.8) is 0 Å². The van der Waals surface area contributed by atoms with Gasteiger partial charge >= 0.3 is 0 Å². The van der Waals surface area contributed by atoms with Crippen molar-refractivity contribution in [1.82, 2.24) is 15.2 Å². The summed E-state index contributed by atoms with van der Waals surface area (Å²) >= 11 is 0. The van der Waals surface area contributed by atoms with Crippen molar-refractivity contribution in [3.05, 3.63) is 65.9 Å². The van der Waals surface area contributed by atoms with Gasteiger partial charge in [-0.25, -0.2) is 4.98 Å². The highest BCUT2D eigenvalue weighted by atomic mass is 16.5. The molecular weight excluding hydrogens is 364 g/mol. The number of hydrogen-bond acceptors (Lipinski definition) is 5. The number of rotatable bonds is 6. The van der Waals surface area contributed by atoms with E-state index in [9.17, 15) is 4.79 Å². The molecule has 6 nitrogen and oxygen atoms in total. The first-order chi connectivity index (χ1) is 14.1. The number of carbonyl (C=O) groups excluding carboxylic acids is 1. The van der Waals surface area contributed by atoms with Gasteiger partial charge in [0, 0.05) is 30.2 Å². The molecule has 0 spiro atoms. The molecule has 2 aromatic carbocycles. The van der Waals surface area contributed by atoms with Crippen LogP contribution in [0.1, 0.15) is 28.8 Å². The van der Waals surface area contributed by atoms with Crippen LogP contribution in [0.25, 0.3) is 10.8 Å². The molecule has 2 heterocycles. The number of aromatic nitrogens is 1. The summed E-state index contributed by atoms with van der Waals surface area (Å²) in [6.07, 6.45) is 3.80. The van der Waals surface area contributed by atoms with Gasteiger partial charge in [-0.1, -0.05) is 30.3 Å². The molecule has 1 aliphatic rings. The molecule has 1 aromatic heterocycles. The van der Waals surface area contributed by atoms with Crippen molar-refractivity contribution in [1.29, 1.82) is 0 Å². The van der Waals surface area contributed by atoms with E-state index < -0.39 is 5.91 Å².